The molecule has 0 N–H and O–H groups in total. The van der Waals surface area contributed by atoms with E-state index in [0.717, 1.165) is 33.3 Å². The van der Waals surface area contributed by atoms with Crippen molar-refractivity contribution in [2.24, 2.45) is 0 Å². The van der Waals surface area contributed by atoms with Crippen LogP contribution in [-0.2, 0) is 0 Å². The lowest BCUT2D eigenvalue weighted by molar-refractivity contribution is 0.669. The first-order valence-corrected chi connectivity index (χ1v) is 18.8. The standard InChI is InChI=1S/C52H32N2O/c1-2-10-35-29-36(18-17-33(35)9-1)34-19-23-39(24-20-34)53-47-14-6-3-11-41(47)44-30-37(21-26-49(44)53)38-22-27-50-45(31-38)42-12-4-7-15-48(42)54(50)40-25-28-52-46(32-40)43-13-5-8-16-51(43)55-52/h1-32H. The summed E-state index contributed by atoms with van der Waals surface area (Å²) in [4.78, 5) is 0. The summed E-state index contributed by atoms with van der Waals surface area (Å²) in [6.07, 6.45) is 0. The molecule has 3 heteroatoms. The van der Waals surface area contributed by atoms with Gasteiger partial charge in [-0.3, -0.25) is 0 Å². The first-order valence-electron chi connectivity index (χ1n) is 18.8. The topological polar surface area (TPSA) is 23.0 Å². The van der Waals surface area contributed by atoms with Crippen molar-refractivity contribution < 1.29 is 4.42 Å². The fraction of sp³-hybridized carbons (Fsp3) is 0. The number of para-hydroxylation sites is 3. The smallest absolute Gasteiger partial charge is 0.135 e. The maximum atomic E-state index is 6.17. The van der Waals surface area contributed by atoms with Crippen LogP contribution in [0.15, 0.2) is 199 Å². The molecule has 0 radical (unpaired) electrons. The number of aromatic nitrogens is 2. The summed E-state index contributed by atoms with van der Waals surface area (Å²) in [5.74, 6) is 0. The summed E-state index contributed by atoms with van der Waals surface area (Å²) < 4.78 is 11.0. The Bertz CT molecular complexity index is 3490. The van der Waals surface area contributed by atoms with Gasteiger partial charge in [-0.15, -0.1) is 0 Å². The van der Waals surface area contributed by atoms with Gasteiger partial charge in [-0.2, -0.15) is 0 Å². The van der Waals surface area contributed by atoms with E-state index in [1.54, 1.807) is 0 Å². The minimum atomic E-state index is 0.905. The Labute approximate surface area is 316 Å². The lowest BCUT2D eigenvalue weighted by Crippen LogP contribution is -1.94. The monoisotopic (exact) mass is 700 g/mol. The van der Waals surface area contributed by atoms with Crippen molar-refractivity contribution in [3.8, 4) is 33.6 Å². The Balaban J connectivity index is 0.973. The van der Waals surface area contributed by atoms with Crippen LogP contribution in [0, 0.1) is 0 Å². The van der Waals surface area contributed by atoms with Crippen LogP contribution in [-0.4, -0.2) is 9.13 Å². The van der Waals surface area contributed by atoms with E-state index in [-0.39, 0.29) is 0 Å². The minimum absolute atomic E-state index is 0.905. The highest BCUT2D eigenvalue weighted by molar-refractivity contribution is 6.13. The normalized spacial score (nSPS) is 12.0. The Kier molecular flexibility index (Phi) is 6.34. The second-order valence-corrected chi connectivity index (χ2v) is 14.6. The molecule has 12 aromatic rings. The SMILES string of the molecule is c1ccc2cc(-c3ccc(-n4c5ccccc5c5cc(-c6ccc7c(c6)c6ccccc6n7-c6ccc7oc8ccccc8c7c6)ccc54)cc3)ccc2c1. The molecule has 256 valence electrons. The summed E-state index contributed by atoms with van der Waals surface area (Å²) in [7, 11) is 0. The Morgan fingerprint density at radius 2 is 0.764 bits per heavy atom. The predicted molar refractivity (Wildman–Crippen MR) is 231 cm³/mol. The highest BCUT2D eigenvalue weighted by Gasteiger charge is 2.17. The molecule has 9 aromatic carbocycles. The second-order valence-electron chi connectivity index (χ2n) is 14.6. The minimum Gasteiger partial charge on any atom is -0.456 e. The molecular formula is C52H32N2O. The lowest BCUT2D eigenvalue weighted by atomic mass is 10.0. The van der Waals surface area contributed by atoms with E-state index in [1.807, 2.05) is 12.1 Å². The Hall–Kier alpha value is -7.36. The number of fused-ring (bicyclic) bond motifs is 10. The zero-order valence-corrected chi connectivity index (χ0v) is 29.8. The number of hydrogen-bond acceptors (Lipinski definition) is 1. The highest BCUT2D eigenvalue weighted by atomic mass is 16.3. The number of hydrogen-bond donors (Lipinski definition) is 0. The average molecular weight is 701 g/mol. The molecule has 3 aromatic heterocycles. The van der Waals surface area contributed by atoms with E-state index in [4.69, 9.17) is 4.42 Å². The molecule has 0 amide bonds. The third kappa shape index (κ3) is 4.57. The molecule has 0 bridgehead atoms. The molecule has 0 saturated carbocycles. The number of furan rings is 1. The van der Waals surface area contributed by atoms with Crippen LogP contribution >= 0.6 is 0 Å². The molecule has 3 heterocycles. The maximum Gasteiger partial charge on any atom is 0.135 e. The molecule has 0 saturated heterocycles. The number of benzene rings is 9. The zero-order valence-electron chi connectivity index (χ0n) is 29.8. The van der Waals surface area contributed by atoms with Crippen LogP contribution < -0.4 is 0 Å². The molecule has 55 heavy (non-hydrogen) atoms. The lowest BCUT2D eigenvalue weighted by Gasteiger charge is -2.11. The van der Waals surface area contributed by atoms with E-state index in [1.165, 1.54) is 76.6 Å². The van der Waals surface area contributed by atoms with Crippen LogP contribution in [0.1, 0.15) is 0 Å². The first kappa shape index (κ1) is 30.1. The molecule has 0 aliphatic rings. The zero-order chi connectivity index (χ0) is 36.0. The summed E-state index contributed by atoms with van der Waals surface area (Å²) in [6.45, 7) is 0. The van der Waals surface area contributed by atoms with Crippen LogP contribution in [0.2, 0.25) is 0 Å². The van der Waals surface area contributed by atoms with Crippen LogP contribution in [0.5, 0.6) is 0 Å². The predicted octanol–water partition coefficient (Wildman–Crippen LogP) is 14.3. The van der Waals surface area contributed by atoms with Gasteiger partial charge in [0.15, 0.2) is 0 Å². The van der Waals surface area contributed by atoms with Crippen molar-refractivity contribution in [1.29, 1.82) is 0 Å². The molecule has 0 spiro atoms. The van der Waals surface area contributed by atoms with Crippen molar-refractivity contribution in [1.82, 2.24) is 9.13 Å². The molecule has 12 rings (SSSR count). The maximum absolute atomic E-state index is 6.17. The van der Waals surface area contributed by atoms with E-state index < -0.39 is 0 Å². The van der Waals surface area contributed by atoms with Gasteiger partial charge in [-0.1, -0.05) is 115 Å². The summed E-state index contributed by atoms with van der Waals surface area (Å²) in [5.41, 5.74) is 13.7. The van der Waals surface area contributed by atoms with Crippen LogP contribution in [0.3, 0.4) is 0 Å². The summed E-state index contributed by atoms with van der Waals surface area (Å²) >= 11 is 0. The quantitative estimate of drug-likeness (QED) is 0.179. The van der Waals surface area contributed by atoms with Crippen molar-refractivity contribution in [2.45, 2.75) is 0 Å². The van der Waals surface area contributed by atoms with Crippen molar-refractivity contribution in [3.63, 3.8) is 0 Å². The number of nitrogens with zero attached hydrogens (tertiary/aromatic N) is 2. The number of rotatable bonds is 4. The summed E-state index contributed by atoms with van der Waals surface area (Å²) in [5, 5.41) is 9.75. The van der Waals surface area contributed by atoms with Gasteiger partial charge in [0.25, 0.3) is 0 Å². The van der Waals surface area contributed by atoms with Gasteiger partial charge >= 0.3 is 0 Å². The fourth-order valence-electron chi connectivity index (χ4n) is 8.89. The molecule has 0 fully saturated rings. The van der Waals surface area contributed by atoms with Gasteiger partial charge in [0, 0.05) is 43.7 Å². The van der Waals surface area contributed by atoms with E-state index in [2.05, 4.69) is 191 Å². The van der Waals surface area contributed by atoms with Crippen LogP contribution in [0.25, 0.3) is 110 Å². The van der Waals surface area contributed by atoms with Gasteiger partial charge in [-0.05, 0) is 112 Å². The molecular weight excluding hydrogens is 669 g/mol. The van der Waals surface area contributed by atoms with Gasteiger partial charge in [0.2, 0.25) is 0 Å². The Morgan fingerprint density at radius 1 is 0.273 bits per heavy atom. The summed E-state index contributed by atoms with van der Waals surface area (Å²) in [6, 6.07) is 70.4. The van der Waals surface area contributed by atoms with Crippen LogP contribution in [0.4, 0.5) is 0 Å². The van der Waals surface area contributed by atoms with Gasteiger partial charge in [0.1, 0.15) is 11.2 Å². The average Bonchev–Trinajstić information content (AvgIpc) is 3.90. The van der Waals surface area contributed by atoms with Crippen molar-refractivity contribution in [3.05, 3.63) is 194 Å². The van der Waals surface area contributed by atoms with E-state index in [9.17, 15) is 0 Å². The third-order valence-corrected chi connectivity index (χ3v) is 11.5. The first-order chi connectivity index (χ1) is 27.2. The molecule has 3 nitrogen and oxygen atoms in total. The molecule has 0 unspecified atom stereocenters. The fourth-order valence-corrected chi connectivity index (χ4v) is 8.89. The molecule has 0 aliphatic carbocycles. The van der Waals surface area contributed by atoms with Crippen molar-refractivity contribution >= 4 is 76.3 Å². The van der Waals surface area contributed by atoms with Crippen molar-refractivity contribution in [2.75, 3.05) is 0 Å². The largest absolute Gasteiger partial charge is 0.456 e. The van der Waals surface area contributed by atoms with Gasteiger partial charge in [-0.25, -0.2) is 0 Å². The molecule has 0 atom stereocenters. The molecule has 0 aliphatic heterocycles. The van der Waals surface area contributed by atoms with Gasteiger partial charge < -0.3 is 13.6 Å². The Morgan fingerprint density at radius 3 is 1.47 bits per heavy atom. The van der Waals surface area contributed by atoms with E-state index >= 15 is 0 Å². The van der Waals surface area contributed by atoms with E-state index in [0.29, 0.717) is 0 Å². The van der Waals surface area contributed by atoms with Gasteiger partial charge in [0.05, 0.1) is 22.1 Å². The second kappa shape index (κ2) is 11.6. The third-order valence-electron chi connectivity index (χ3n) is 11.5. The highest BCUT2D eigenvalue weighted by Crippen LogP contribution is 2.39.